The fraction of sp³-hybridized carbons (Fsp3) is 1.00. The van der Waals surface area contributed by atoms with Gasteiger partial charge in [0.25, 0.3) is 0 Å². The number of hydrogen-bond donors (Lipinski definition) is 18. The second-order valence-corrected chi connectivity index (χ2v) is 16.8. The third-order valence-corrected chi connectivity index (χ3v) is 12.7. The average molecular weight is 973 g/mol. The molecule has 0 saturated carbocycles. The van der Waals surface area contributed by atoms with Crippen LogP contribution < -0.4 is 0 Å². The number of ether oxygens (including phenoxy) is 12. The molecule has 22 aliphatic rings. The van der Waals surface area contributed by atoms with Crippen LogP contribution in [0.25, 0.3) is 0 Å². The normalized spacial score (nSPS) is 55.4. The Morgan fingerprint density at radius 3 is 0.409 bits per heavy atom. The van der Waals surface area contributed by atoms with E-state index in [2.05, 4.69) is 0 Å². The summed E-state index contributed by atoms with van der Waals surface area (Å²) in [6.45, 7) is -5.99. The smallest absolute Gasteiger partial charge is 0.187 e. The number of aliphatic hydroxyl groups excluding tert-OH is 18. The van der Waals surface area contributed by atoms with E-state index in [4.69, 9.17) is 56.8 Å². The minimum atomic E-state index is -2.15. The summed E-state index contributed by atoms with van der Waals surface area (Å²) in [4.78, 5) is 0. The summed E-state index contributed by atoms with van der Waals surface area (Å²) >= 11 is 0. The number of hydrogen-bond acceptors (Lipinski definition) is 30. The van der Waals surface area contributed by atoms with Gasteiger partial charge >= 0.3 is 0 Å². The molecule has 66 heavy (non-hydrogen) atoms. The lowest BCUT2D eigenvalue weighted by atomic mass is 9.94. The van der Waals surface area contributed by atoms with Crippen LogP contribution in [0, 0.1) is 0 Å². The van der Waals surface area contributed by atoms with Crippen LogP contribution in [-0.4, -0.2) is 316 Å². The Labute approximate surface area is 372 Å². The van der Waals surface area contributed by atoms with Gasteiger partial charge in [-0.1, -0.05) is 0 Å². The van der Waals surface area contributed by atoms with E-state index >= 15 is 0 Å². The van der Waals surface area contributed by atoms with Crippen LogP contribution in [0.15, 0.2) is 0 Å². The maximum Gasteiger partial charge on any atom is 0.187 e. The molecular formula is C36H60O30. The van der Waals surface area contributed by atoms with Crippen molar-refractivity contribution >= 4 is 0 Å². The molecule has 7 unspecified atom stereocenters. The Bertz CT molecular complexity index is 1230. The first kappa shape index (κ1) is 52.6. The molecule has 22 saturated heterocycles. The molecule has 22 rings (SSSR count). The molecule has 22 fully saturated rings. The minimum Gasteiger partial charge on any atom is -0.394 e. The van der Waals surface area contributed by atoms with Crippen molar-refractivity contribution in [1.29, 1.82) is 0 Å². The number of aliphatic hydroxyl groups is 18. The molecule has 22 heterocycles. The minimum absolute atomic E-state index is 0.999. The lowest BCUT2D eigenvalue weighted by molar-refractivity contribution is -0.404. The summed E-state index contributed by atoms with van der Waals surface area (Å²) in [6, 6.07) is 0. The van der Waals surface area contributed by atoms with E-state index in [0.717, 1.165) is 0 Å². The zero-order valence-corrected chi connectivity index (χ0v) is 34.5. The Hall–Kier alpha value is -1.20. The van der Waals surface area contributed by atoms with E-state index in [-0.39, 0.29) is 0 Å². The Kier molecular flexibility index (Phi) is 17.6. The van der Waals surface area contributed by atoms with Gasteiger partial charge in [-0.15, -0.1) is 0 Å². The predicted molar refractivity (Wildman–Crippen MR) is 196 cm³/mol. The van der Waals surface area contributed by atoms with Crippen LogP contribution >= 0.6 is 0 Å². The Balaban J connectivity index is 1.19. The first-order valence-electron chi connectivity index (χ1n) is 21.1. The molecule has 0 spiro atoms. The first-order chi connectivity index (χ1) is 31.4. The quantitative estimate of drug-likeness (QED) is 0.117. The highest BCUT2D eigenvalue weighted by Crippen LogP contribution is 2.38. The van der Waals surface area contributed by atoms with Gasteiger partial charge in [-0.3, -0.25) is 0 Å². The standard InChI is InChI=1S/C36H60O30/c37-1-7-25-13(43)19(49)31(55-7)62-26-8(2-38)57-33(21(51)15(26)45)64-28-10(4-40)59-35(23(53)17(28)47)66-30-12(6-42)60-36(24(54)18(30)48)65-29-11(5-41)58-34(22(52)16(29)46)63-27-9(3-39)56-32(61-25)20(50)14(27)44/h7-54H,1-6H2/t7-,8-,9-,10-,11-,12-,13-,14-,15-,16-,17-,18-,19-,20-,21-,22-,23-,24-,25-,26-,27-,28-,29-,30?,31?,32?,33?,34?,35?,36?/m1/s1. The van der Waals surface area contributed by atoms with Gasteiger partial charge in [-0.25, -0.2) is 0 Å². The van der Waals surface area contributed by atoms with Gasteiger partial charge < -0.3 is 149 Å². The van der Waals surface area contributed by atoms with Crippen molar-refractivity contribution in [2.24, 2.45) is 0 Å². The van der Waals surface area contributed by atoms with Gasteiger partial charge in [0.1, 0.15) is 146 Å². The summed E-state index contributed by atoms with van der Waals surface area (Å²) in [5, 5.41) is 196. The molecule has 30 nitrogen and oxygen atoms in total. The molecule has 0 aromatic carbocycles. The molecule has 30 heteroatoms. The molecule has 0 aliphatic carbocycles. The van der Waals surface area contributed by atoms with Crippen molar-refractivity contribution in [1.82, 2.24) is 0 Å². The van der Waals surface area contributed by atoms with Crippen molar-refractivity contribution in [3.63, 3.8) is 0 Å². The van der Waals surface area contributed by atoms with Crippen molar-refractivity contribution in [3.8, 4) is 0 Å². The second kappa shape index (κ2) is 22.1. The van der Waals surface area contributed by atoms with E-state index in [1.54, 1.807) is 0 Å². The van der Waals surface area contributed by atoms with E-state index < -0.39 is 224 Å². The molecule has 384 valence electrons. The fourth-order valence-electron chi connectivity index (χ4n) is 8.93. The largest absolute Gasteiger partial charge is 0.394 e. The summed E-state index contributed by atoms with van der Waals surface area (Å²) < 4.78 is 67.9. The molecule has 12 bridgehead atoms. The van der Waals surface area contributed by atoms with Crippen molar-refractivity contribution < 1.29 is 149 Å². The van der Waals surface area contributed by atoms with E-state index in [1.807, 2.05) is 0 Å². The van der Waals surface area contributed by atoms with E-state index in [9.17, 15) is 91.9 Å². The predicted octanol–water partition coefficient (Wildman–Crippen LogP) is -13.1. The van der Waals surface area contributed by atoms with E-state index in [0.29, 0.717) is 0 Å². The molecule has 0 radical (unpaired) electrons. The second-order valence-electron chi connectivity index (χ2n) is 16.8. The molecule has 18 N–H and O–H groups in total. The lowest BCUT2D eigenvalue weighted by Crippen LogP contribution is -2.69. The third-order valence-electron chi connectivity index (χ3n) is 12.7. The van der Waals surface area contributed by atoms with Gasteiger partial charge in [0.15, 0.2) is 37.7 Å². The van der Waals surface area contributed by atoms with Gasteiger partial charge in [-0.2, -0.15) is 0 Å². The molecule has 30 atom stereocenters. The SMILES string of the molecule is OC[C@H]1OC2O[C@H]3[C@H](O)[C@@H](O)C(O[C@H]4[C@H](O)[C@@H](O)C(O[C@H]5[C@H](O)[C@@H](O)C(O[C@H]6[C@H](O)[C@@H](O)C(O[C@H]7[C@H](O)[C@@H](O)C(OC1[C@H](O)[C@H]2O)O[C@@H]7CO)O[C@@H]6CO)O[C@@H]5CO)O[C@@H]4CO)O[C@@H]3CO. The Morgan fingerprint density at radius 1 is 0.182 bits per heavy atom. The lowest BCUT2D eigenvalue weighted by Gasteiger charge is -2.50. The van der Waals surface area contributed by atoms with Crippen LogP contribution in [0.1, 0.15) is 0 Å². The maximum atomic E-state index is 11.2. The van der Waals surface area contributed by atoms with E-state index in [1.165, 1.54) is 0 Å². The highest BCUT2D eigenvalue weighted by Gasteiger charge is 2.58. The third kappa shape index (κ3) is 10.0. The monoisotopic (exact) mass is 972 g/mol. The van der Waals surface area contributed by atoms with Gasteiger partial charge in [0, 0.05) is 0 Å². The van der Waals surface area contributed by atoms with Crippen LogP contribution in [0.4, 0.5) is 0 Å². The zero-order chi connectivity index (χ0) is 48.0. The topological polar surface area (TPSA) is 475 Å². The van der Waals surface area contributed by atoms with Crippen LogP contribution in [0.3, 0.4) is 0 Å². The van der Waals surface area contributed by atoms with Crippen molar-refractivity contribution in [3.05, 3.63) is 0 Å². The molecule has 22 aliphatic heterocycles. The van der Waals surface area contributed by atoms with Gasteiger partial charge in [-0.05, 0) is 0 Å². The number of rotatable bonds is 6. The summed E-state index contributed by atoms with van der Waals surface area (Å²) in [7, 11) is 0. The average Bonchev–Trinajstić information content (AvgIpc) is 3.31. The molecule has 0 aromatic rings. The van der Waals surface area contributed by atoms with Crippen LogP contribution in [0.5, 0.6) is 0 Å². The van der Waals surface area contributed by atoms with Crippen molar-refractivity contribution in [2.45, 2.75) is 184 Å². The molecule has 0 aromatic heterocycles. The maximum absolute atomic E-state index is 11.2. The summed E-state index contributed by atoms with van der Waals surface area (Å²) in [5.74, 6) is 0. The first-order valence-corrected chi connectivity index (χ1v) is 21.1. The highest BCUT2D eigenvalue weighted by atomic mass is 16.8. The summed E-state index contributed by atoms with van der Waals surface area (Å²) in [6.07, 6.45) is -58.5. The van der Waals surface area contributed by atoms with Crippen LogP contribution in [0.2, 0.25) is 0 Å². The van der Waals surface area contributed by atoms with Crippen molar-refractivity contribution in [2.75, 3.05) is 39.6 Å². The van der Waals surface area contributed by atoms with Gasteiger partial charge in [0.2, 0.25) is 0 Å². The molecule has 0 amide bonds. The van der Waals surface area contributed by atoms with Gasteiger partial charge in [0.05, 0.1) is 39.6 Å². The summed E-state index contributed by atoms with van der Waals surface area (Å²) in [5.41, 5.74) is 0. The zero-order valence-electron chi connectivity index (χ0n) is 34.5. The van der Waals surface area contributed by atoms with Crippen LogP contribution in [-0.2, 0) is 56.8 Å². The molecular weight excluding hydrogens is 912 g/mol. The fourth-order valence-corrected chi connectivity index (χ4v) is 8.93. The Morgan fingerprint density at radius 2 is 0.303 bits per heavy atom. The highest BCUT2D eigenvalue weighted by molar-refractivity contribution is 5.01.